The van der Waals surface area contributed by atoms with Gasteiger partial charge in [-0.25, -0.2) is 0 Å². The maximum atomic E-state index is 6.46. The number of hydrogen-bond acceptors (Lipinski definition) is 3. The van der Waals surface area contributed by atoms with Crippen molar-refractivity contribution >= 4 is 0 Å². The summed E-state index contributed by atoms with van der Waals surface area (Å²) >= 11 is 0. The number of hydrogen-bond donors (Lipinski definition) is 1. The van der Waals surface area contributed by atoms with Crippen LogP contribution in [0.4, 0.5) is 0 Å². The van der Waals surface area contributed by atoms with Gasteiger partial charge in [0.1, 0.15) is 12.3 Å². The minimum absolute atomic E-state index is 0.0210. The Morgan fingerprint density at radius 2 is 1.36 bits per heavy atom. The molecule has 1 heterocycles. The molecule has 1 atom stereocenters. The van der Waals surface area contributed by atoms with Gasteiger partial charge in [-0.15, -0.1) is 0 Å². The summed E-state index contributed by atoms with van der Waals surface area (Å²) in [5.74, 6) is 0. The lowest BCUT2D eigenvalue weighted by atomic mass is 10.0. The highest BCUT2D eigenvalue weighted by Crippen LogP contribution is 2.27. The van der Waals surface area contributed by atoms with Crippen molar-refractivity contribution in [1.29, 1.82) is 0 Å². The predicted molar refractivity (Wildman–Crippen MR) is 89.7 cm³/mol. The summed E-state index contributed by atoms with van der Waals surface area (Å²) in [5.41, 5.74) is 2.41. The summed E-state index contributed by atoms with van der Waals surface area (Å²) in [6.07, 6.45) is 0.0831. The molecule has 0 aliphatic carbocycles. The number of nitrogens with one attached hydrogen (secondary N) is 1. The van der Waals surface area contributed by atoms with Crippen LogP contribution < -0.4 is 5.32 Å². The zero-order valence-corrected chi connectivity index (χ0v) is 13.1. The molecular weight excluding hydrogens is 272 g/mol. The Labute approximate surface area is 132 Å². The molecule has 0 amide bonds. The van der Waals surface area contributed by atoms with Crippen LogP contribution in [-0.2, 0) is 4.74 Å². The molecule has 0 bridgehead atoms. The Morgan fingerprint density at radius 3 is 1.86 bits per heavy atom. The third-order valence-electron chi connectivity index (χ3n) is 4.20. The molecule has 0 aromatic heterocycles. The Balaban J connectivity index is 1.79. The highest BCUT2D eigenvalue weighted by atomic mass is 16.5. The average molecular weight is 296 g/mol. The number of piperazine rings is 1. The largest absolute Gasteiger partial charge is 0.351 e. The van der Waals surface area contributed by atoms with Crippen molar-refractivity contribution in [3.05, 3.63) is 71.8 Å². The van der Waals surface area contributed by atoms with Gasteiger partial charge >= 0.3 is 0 Å². The van der Waals surface area contributed by atoms with E-state index in [1.807, 2.05) is 12.1 Å². The van der Waals surface area contributed by atoms with Gasteiger partial charge in [0.2, 0.25) is 0 Å². The van der Waals surface area contributed by atoms with Gasteiger partial charge < -0.3 is 10.1 Å². The molecule has 1 unspecified atom stereocenters. The summed E-state index contributed by atoms with van der Waals surface area (Å²) in [5, 5.41) is 3.39. The van der Waals surface area contributed by atoms with Crippen molar-refractivity contribution in [2.75, 3.05) is 26.2 Å². The maximum absolute atomic E-state index is 6.46. The summed E-state index contributed by atoms with van der Waals surface area (Å²) in [4.78, 5) is 2.40. The van der Waals surface area contributed by atoms with Crippen molar-refractivity contribution in [2.24, 2.45) is 0 Å². The van der Waals surface area contributed by atoms with Crippen molar-refractivity contribution in [1.82, 2.24) is 10.2 Å². The van der Waals surface area contributed by atoms with E-state index >= 15 is 0 Å². The van der Waals surface area contributed by atoms with Gasteiger partial charge in [-0.2, -0.15) is 0 Å². The van der Waals surface area contributed by atoms with Gasteiger partial charge in [-0.3, -0.25) is 4.90 Å². The number of benzene rings is 2. The predicted octanol–water partition coefficient (Wildman–Crippen LogP) is 3.04. The minimum Gasteiger partial charge on any atom is -0.351 e. The normalized spacial score (nSPS) is 17.5. The molecule has 0 saturated carbocycles. The van der Waals surface area contributed by atoms with E-state index in [4.69, 9.17) is 4.74 Å². The second kappa shape index (κ2) is 7.54. The fourth-order valence-corrected chi connectivity index (χ4v) is 2.93. The van der Waals surface area contributed by atoms with E-state index in [0.29, 0.717) is 0 Å². The van der Waals surface area contributed by atoms with Crippen LogP contribution in [0.1, 0.15) is 24.2 Å². The van der Waals surface area contributed by atoms with Crippen LogP contribution in [0.5, 0.6) is 0 Å². The topological polar surface area (TPSA) is 24.5 Å². The van der Waals surface area contributed by atoms with Crippen LogP contribution >= 0.6 is 0 Å². The molecule has 1 fully saturated rings. The van der Waals surface area contributed by atoms with E-state index in [1.54, 1.807) is 0 Å². The first-order chi connectivity index (χ1) is 10.8. The van der Waals surface area contributed by atoms with Gasteiger partial charge in [-0.1, -0.05) is 60.7 Å². The fourth-order valence-electron chi connectivity index (χ4n) is 2.93. The van der Waals surface area contributed by atoms with Crippen LogP contribution in [-0.4, -0.2) is 37.3 Å². The zero-order chi connectivity index (χ0) is 15.2. The first-order valence-electron chi connectivity index (χ1n) is 8.05. The van der Waals surface area contributed by atoms with E-state index in [-0.39, 0.29) is 12.3 Å². The van der Waals surface area contributed by atoms with Crippen molar-refractivity contribution in [3.8, 4) is 0 Å². The average Bonchev–Trinajstić information content (AvgIpc) is 2.62. The Hall–Kier alpha value is -1.68. The molecule has 0 radical (unpaired) electrons. The standard InChI is InChI=1S/C19H24N2O/c1-16(21-14-12-20-13-15-21)22-19(17-8-4-2-5-9-17)18-10-6-3-7-11-18/h2-11,16,19-20H,12-15H2,1H3. The number of rotatable bonds is 5. The minimum atomic E-state index is -0.0210. The van der Waals surface area contributed by atoms with E-state index in [2.05, 4.69) is 65.7 Å². The Morgan fingerprint density at radius 1 is 0.864 bits per heavy atom. The Bertz CT molecular complexity index is 513. The zero-order valence-electron chi connectivity index (χ0n) is 13.1. The van der Waals surface area contributed by atoms with Crippen LogP contribution in [0.2, 0.25) is 0 Å². The van der Waals surface area contributed by atoms with Crippen LogP contribution in [0.15, 0.2) is 60.7 Å². The molecule has 3 heteroatoms. The van der Waals surface area contributed by atoms with Crippen molar-refractivity contribution in [2.45, 2.75) is 19.3 Å². The molecule has 1 aliphatic rings. The maximum Gasteiger partial charge on any atom is 0.110 e. The monoisotopic (exact) mass is 296 g/mol. The van der Waals surface area contributed by atoms with E-state index in [1.165, 1.54) is 11.1 Å². The molecule has 3 rings (SSSR count). The highest BCUT2D eigenvalue weighted by molar-refractivity contribution is 5.29. The van der Waals surface area contributed by atoms with Crippen LogP contribution in [0, 0.1) is 0 Å². The van der Waals surface area contributed by atoms with Gasteiger partial charge in [0, 0.05) is 26.2 Å². The van der Waals surface area contributed by atoms with Gasteiger partial charge in [0.25, 0.3) is 0 Å². The lowest BCUT2D eigenvalue weighted by Gasteiger charge is -2.35. The van der Waals surface area contributed by atoms with Crippen LogP contribution in [0.25, 0.3) is 0 Å². The first kappa shape index (κ1) is 15.2. The molecule has 0 spiro atoms. The van der Waals surface area contributed by atoms with Gasteiger partial charge in [-0.05, 0) is 18.1 Å². The summed E-state index contributed by atoms with van der Waals surface area (Å²) < 4.78 is 6.46. The van der Waals surface area contributed by atoms with Crippen molar-refractivity contribution in [3.63, 3.8) is 0 Å². The van der Waals surface area contributed by atoms with Gasteiger partial charge in [0.05, 0.1) is 0 Å². The fraction of sp³-hybridized carbons (Fsp3) is 0.368. The first-order valence-corrected chi connectivity index (χ1v) is 8.05. The van der Waals surface area contributed by atoms with E-state index < -0.39 is 0 Å². The quantitative estimate of drug-likeness (QED) is 0.918. The molecule has 22 heavy (non-hydrogen) atoms. The molecule has 1 N–H and O–H groups in total. The van der Waals surface area contributed by atoms with Gasteiger partial charge in [0.15, 0.2) is 0 Å². The third-order valence-corrected chi connectivity index (χ3v) is 4.20. The molecule has 2 aromatic rings. The SMILES string of the molecule is CC(OC(c1ccccc1)c1ccccc1)N1CCNCC1. The highest BCUT2D eigenvalue weighted by Gasteiger charge is 2.22. The summed E-state index contributed by atoms with van der Waals surface area (Å²) in [7, 11) is 0. The molecular formula is C19H24N2O. The number of ether oxygens (including phenoxy) is 1. The lowest BCUT2D eigenvalue weighted by Crippen LogP contribution is -2.48. The molecule has 1 saturated heterocycles. The molecule has 1 aliphatic heterocycles. The summed E-state index contributed by atoms with van der Waals surface area (Å²) in [6, 6.07) is 21.0. The second-order valence-corrected chi connectivity index (χ2v) is 5.72. The number of nitrogens with zero attached hydrogens (tertiary/aromatic N) is 1. The molecule has 2 aromatic carbocycles. The molecule has 116 valence electrons. The van der Waals surface area contributed by atoms with E-state index in [0.717, 1.165) is 26.2 Å². The van der Waals surface area contributed by atoms with Crippen LogP contribution in [0.3, 0.4) is 0 Å². The third kappa shape index (κ3) is 3.74. The van der Waals surface area contributed by atoms with Crippen molar-refractivity contribution < 1.29 is 4.74 Å². The Kier molecular flexibility index (Phi) is 5.22. The lowest BCUT2D eigenvalue weighted by molar-refractivity contribution is -0.0806. The summed E-state index contributed by atoms with van der Waals surface area (Å²) in [6.45, 7) is 6.31. The molecule has 3 nitrogen and oxygen atoms in total. The second-order valence-electron chi connectivity index (χ2n) is 5.72. The van der Waals surface area contributed by atoms with E-state index in [9.17, 15) is 0 Å². The smallest absolute Gasteiger partial charge is 0.110 e.